The molecule has 1 N–H and O–H groups in total. The van der Waals surface area contributed by atoms with E-state index >= 15 is 0 Å². The Morgan fingerprint density at radius 1 is 0.950 bits per heavy atom. The summed E-state index contributed by atoms with van der Waals surface area (Å²) in [5, 5.41) is 12.0. The molecule has 0 aliphatic carbocycles. The molecule has 0 saturated heterocycles. The Kier molecular flexibility index (Phi) is 8.03. The first-order valence-electron chi connectivity index (χ1n) is 13.1. The van der Waals surface area contributed by atoms with Gasteiger partial charge in [-0.1, -0.05) is 42.5 Å². The van der Waals surface area contributed by atoms with Crippen LogP contribution in [0.1, 0.15) is 29.5 Å². The molecule has 0 spiro atoms. The highest BCUT2D eigenvalue weighted by atomic mass is 32.1. The van der Waals surface area contributed by atoms with Gasteiger partial charge in [-0.25, -0.2) is 9.78 Å². The van der Waals surface area contributed by atoms with E-state index in [2.05, 4.69) is 23.6 Å². The highest BCUT2D eigenvalue weighted by molar-refractivity contribution is 7.13. The van der Waals surface area contributed by atoms with Crippen molar-refractivity contribution >= 4 is 17.3 Å². The van der Waals surface area contributed by atoms with Crippen molar-refractivity contribution in [3.05, 3.63) is 113 Å². The summed E-state index contributed by atoms with van der Waals surface area (Å²) in [7, 11) is 0. The molecule has 1 unspecified atom stereocenters. The first kappa shape index (κ1) is 27.2. The van der Waals surface area contributed by atoms with Crippen molar-refractivity contribution in [1.82, 2.24) is 4.98 Å². The third kappa shape index (κ3) is 6.43. The summed E-state index contributed by atoms with van der Waals surface area (Å²) in [6.45, 7) is 5.89. The van der Waals surface area contributed by atoms with E-state index in [9.17, 15) is 9.90 Å². The van der Waals surface area contributed by atoms with Gasteiger partial charge in [-0.05, 0) is 85.3 Å². The second kappa shape index (κ2) is 11.8. The van der Waals surface area contributed by atoms with Crippen molar-refractivity contribution in [2.45, 2.75) is 39.2 Å². The largest absolute Gasteiger partial charge is 0.493 e. The fraction of sp³-hybridized carbons (Fsp3) is 0.212. The lowest BCUT2D eigenvalue weighted by atomic mass is 9.96. The smallest absolute Gasteiger partial charge is 0.348 e. The van der Waals surface area contributed by atoms with Crippen LogP contribution in [-0.4, -0.2) is 28.3 Å². The van der Waals surface area contributed by atoms with Crippen LogP contribution in [0.15, 0.2) is 94.7 Å². The number of thiophene rings is 1. The minimum Gasteiger partial charge on any atom is -0.493 e. The van der Waals surface area contributed by atoms with Crippen LogP contribution < -0.4 is 9.47 Å². The minimum absolute atomic E-state index is 0.214. The molecule has 0 amide bonds. The van der Waals surface area contributed by atoms with E-state index in [1.54, 1.807) is 24.3 Å². The SMILES string of the molecule is Cc1cccc(OC(C)(Cc2ccc(OCCc3nc(-c4ccc(-c5cccs5)cc4)oc3C)cc2)C(=O)O)c1. The topological polar surface area (TPSA) is 81.8 Å². The lowest BCUT2D eigenvalue weighted by molar-refractivity contribution is -0.153. The number of benzene rings is 3. The van der Waals surface area contributed by atoms with Gasteiger partial charge in [0.15, 0.2) is 0 Å². The number of aryl methyl sites for hydroxylation is 2. The number of ether oxygens (including phenoxy) is 2. The number of carboxylic acids is 1. The van der Waals surface area contributed by atoms with Gasteiger partial charge in [-0.15, -0.1) is 11.3 Å². The molecule has 6 nitrogen and oxygen atoms in total. The lowest BCUT2D eigenvalue weighted by Gasteiger charge is -2.26. The molecule has 0 aliphatic heterocycles. The first-order chi connectivity index (χ1) is 19.3. The van der Waals surface area contributed by atoms with E-state index in [1.807, 2.05) is 74.5 Å². The fourth-order valence-electron chi connectivity index (χ4n) is 4.46. The summed E-state index contributed by atoms with van der Waals surface area (Å²) in [5.41, 5.74) is 3.42. The van der Waals surface area contributed by atoms with E-state index in [-0.39, 0.29) is 6.42 Å². The number of oxazole rings is 1. The molecule has 0 radical (unpaired) electrons. The van der Waals surface area contributed by atoms with Gasteiger partial charge in [0, 0.05) is 23.3 Å². The Hall–Kier alpha value is -4.36. The number of carbonyl (C=O) groups is 1. The normalized spacial score (nSPS) is 12.6. The molecule has 40 heavy (non-hydrogen) atoms. The van der Waals surface area contributed by atoms with Gasteiger partial charge in [-0.2, -0.15) is 0 Å². The van der Waals surface area contributed by atoms with E-state index in [0.29, 0.717) is 30.4 Å². The summed E-state index contributed by atoms with van der Waals surface area (Å²) in [4.78, 5) is 18.0. The van der Waals surface area contributed by atoms with Gasteiger partial charge < -0.3 is 19.0 Å². The molecule has 1 atom stereocenters. The summed E-state index contributed by atoms with van der Waals surface area (Å²) < 4.78 is 17.8. The van der Waals surface area contributed by atoms with Gasteiger partial charge in [0.25, 0.3) is 0 Å². The summed E-state index contributed by atoms with van der Waals surface area (Å²) in [5.74, 6) is 1.59. The van der Waals surface area contributed by atoms with Crippen LogP contribution in [0.2, 0.25) is 0 Å². The lowest BCUT2D eigenvalue weighted by Crippen LogP contribution is -2.43. The maximum Gasteiger partial charge on any atom is 0.348 e. The molecule has 2 heterocycles. The van der Waals surface area contributed by atoms with Crippen molar-refractivity contribution in [3.63, 3.8) is 0 Å². The van der Waals surface area contributed by atoms with Gasteiger partial charge in [-0.3, -0.25) is 0 Å². The molecule has 0 saturated carbocycles. The standard InChI is InChI=1S/C33H31NO5S/c1-22-6-4-7-28(20-22)39-33(3,32(35)36)21-24-9-15-27(16-10-24)37-18-17-29-23(2)38-31(34-29)26-13-11-25(12-14-26)30-8-5-19-40-30/h4-16,19-20H,17-18,21H2,1-3H3,(H,35,36). The zero-order valence-electron chi connectivity index (χ0n) is 22.7. The highest BCUT2D eigenvalue weighted by Crippen LogP contribution is 2.29. The number of aliphatic carboxylic acids is 1. The van der Waals surface area contributed by atoms with E-state index in [1.165, 1.54) is 10.4 Å². The van der Waals surface area contributed by atoms with Crippen LogP contribution in [0.3, 0.4) is 0 Å². The molecule has 7 heteroatoms. The van der Waals surface area contributed by atoms with Gasteiger partial charge >= 0.3 is 5.97 Å². The molecule has 3 aromatic carbocycles. The molecule has 2 aromatic heterocycles. The number of aromatic nitrogens is 1. The summed E-state index contributed by atoms with van der Waals surface area (Å²) in [6, 6.07) is 27.2. The van der Waals surface area contributed by atoms with Gasteiger partial charge in [0.1, 0.15) is 17.3 Å². The van der Waals surface area contributed by atoms with Crippen molar-refractivity contribution in [2.24, 2.45) is 0 Å². The quantitative estimate of drug-likeness (QED) is 0.180. The maximum atomic E-state index is 12.1. The Labute approximate surface area is 237 Å². The predicted molar refractivity (Wildman–Crippen MR) is 157 cm³/mol. The second-order valence-electron chi connectivity index (χ2n) is 9.95. The average Bonchev–Trinajstić information content (AvgIpc) is 3.60. The Morgan fingerprint density at radius 2 is 1.70 bits per heavy atom. The van der Waals surface area contributed by atoms with Crippen LogP contribution in [-0.2, 0) is 17.6 Å². The third-order valence-corrected chi connectivity index (χ3v) is 7.61. The van der Waals surface area contributed by atoms with Gasteiger partial charge in [0.2, 0.25) is 11.5 Å². The minimum atomic E-state index is -1.40. The summed E-state index contributed by atoms with van der Waals surface area (Å²) >= 11 is 1.71. The second-order valence-corrected chi connectivity index (χ2v) is 10.9. The number of hydrogen-bond acceptors (Lipinski definition) is 6. The molecule has 0 bridgehead atoms. The monoisotopic (exact) mass is 553 g/mol. The Bertz CT molecular complexity index is 1570. The highest BCUT2D eigenvalue weighted by Gasteiger charge is 2.36. The van der Waals surface area contributed by atoms with Crippen LogP contribution in [0.25, 0.3) is 21.9 Å². The molecule has 0 aliphatic rings. The van der Waals surface area contributed by atoms with Crippen LogP contribution in [0.4, 0.5) is 0 Å². The fourth-order valence-corrected chi connectivity index (χ4v) is 5.19. The zero-order valence-corrected chi connectivity index (χ0v) is 23.5. The van der Waals surface area contributed by atoms with E-state index in [4.69, 9.17) is 18.9 Å². The van der Waals surface area contributed by atoms with Crippen molar-refractivity contribution in [2.75, 3.05) is 6.61 Å². The average molecular weight is 554 g/mol. The van der Waals surface area contributed by atoms with Crippen molar-refractivity contribution in [1.29, 1.82) is 0 Å². The Morgan fingerprint density at radius 3 is 2.38 bits per heavy atom. The molecule has 5 rings (SSSR count). The van der Waals surface area contributed by atoms with E-state index < -0.39 is 11.6 Å². The maximum absolute atomic E-state index is 12.1. The third-order valence-electron chi connectivity index (χ3n) is 6.69. The van der Waals surface area contributed by atoms with Crippen molar-refractivity contribution in [3.8, 4) is 33.4 Å². The number of nitrogens with zero attached hydrogens (tertiary/aromatic N) is 1. The molecule has 5 aromatic rings. The summed E-state index contributed by atoms with van der Waals surface area (Å²) in [6.07, 6.45) is 0.817. The van der Waals surface area contributed by atoms with E-state index in [0.717, 1.165) is 28.1 Å². The number of carboxylic acid groups (broad SMARTS) is 1. The molecule has 0 fully saturated rings. The predicted octanol–water partition coefficient (Wildman–Crippen LogP) is 7.77. The molecular weight excluding hydrogens is 522 g/mol. The van der Waals surface area contributed by atoms with Crippen molar-refractivity contribution < 1.29 is 23.8 Å². The van der Waals surface area contributed by atoms with Crippen LogP contribution in [0.5, 0.6) is 11.5 Å². The first-order valence-corrected chi connectivity index (χ1v) is 14.0. The Balaban J connectivity index is 1.17. The molecule has 204 valence electrons. The number of hydrogen-bond donors (Lipinski definition) is 1. The molecular formula is C33H31NO5S. The van der Waals surface area contributed by atoms with Gasteiger partial charge in [0.05, 0.1) is 12.3 Å². The zero-order chi connectivity index (χ0) is 28.1. The van der Waals surface area contributed by atoms with Crippen LogP contribution >= 0.6 is 11.3 Å². The van der Waals surface area contributed by atoms with Crippen LogP contribution in [0, 0.1) is 13.8 Å². The number of rotatable bonds is 11.